The highest BCUT2D eigenvalue weighted by Gasteiger charge is 2.30. The van der Waals surface area contributed by atoms with Crippen LogP contribution in [0.5, 0.6) is 0 Å². The molecule has 1 aliphatic rings. The monoisotopic (exact) mass is 424 g/mol. The molecule has 0 radical (unpaired) electrons. The van der Waals surface area contributed by atoms with Gasteiger partial charge in [0.2, 0.25) is 0 Å². The number of imidazole rings is 1. The Kier molecular flexibility index (Phi) is 7.41. The van der Waals surface area contributed by atoms with Crippen LogP contribution >= 0.6 is 24.8 Å². The number of carbonyl (C=O) groups is 1. The van der Waals surface area contributed by atoms with Crippen LogP contribution in [0.25, 0.3) is 11.0 Å². The van der Waals surface area contributed by atoms with Crippen molar-refractivity contribution in [1.29, 1.82) is 0 Å². The lowest BCUT2D eigenvalue weighted by Gasteiger charge is -2.36. The average molecular weight is 425 g/mol. The lowest BCUT2D eigenvalue weighted by atomic mass is 9.99. The van der Waals surface area contributed by atoms with Crippen molar-refractivity contribution >= 4 is 41.8 Å². The minimum atomic E-state index is -0.441. The van der Waals surface area contributed by atoms with Gasteiger partial charge in [-0.15, -0.1) is 24.8 Å². The first-order chi connectivity index (χ1) is 12.7. The first kappa shape index (κ1) is 22.1. The predicted octanol–water partition coefficient (Wildman–Crippen LogP) is 3.89. The summed E-state index contributed by atoms with van der Waals surface area (Å²) in [6, 6.07) is 10.9. The second-order valence-electron chi connectivity index (χ2n) is 6.57. The van der Waals surface area contributed by atoms with Gasteiger partial charge in [-0.25, -0.2) is 9.37 Å². The molecule has 0 spiro atoms. The standard InChI is InChI=1S/C20H21FN4O.2ClH/c1-2-13-3-5-14(6-4-13)18-11-22-7-8-25(18)20(26)16-9-15(21)10-17-19(16)24-12-23-17;;/h3-6,9-10,12,18,22H,2,7-8,11H2,1H3,(H,23,24);2*1H. The van der Waals surface area contributed by atoms with E-state index in [1.807, 2.05) is 4.90 Å². The number of aryl methyl sites for hydroxylation is 1. The molecule has 1 saturated heterocycles. The molecule has 150 valence electrons. The van der Waals surface area contributed by atoms with Crippen LogP contribution < -0.4 is 5.32 Å². The minimum Gasteiger partial charge on any atom is -0.344 e. The third-order valence-electron chi connectivity index (χ3n) is 5.00. The van der Waals surface area contributed by atoms with Crippen molar-refractivity contribution in [3.05, 3.63) is 65.2 Å². The Hall–Kier alpha value is -2.15. The first-order valence-corrected chi connectivity index (χ1v) is 8.90. The van der Waals surface area contributed by atoms with Gasteiger partial charge in [0, 0.05) is 19.6 Å². The maximum atomic E-state index is 14.0. The number of H-pyrrole nitrogens is 1. The molecule has 4 rings (SSSR count). The maximum absolute atomic E-state index is 14.0. The number of piperazine rings is 1. The van der Waals surface area contributed by atoms with Crippen LogP contribution in [0.3, 0.4) is 0 Å². The normalized spacial score (nSPS) is 16.4. The summed E-state index contributed by atoms with van der Waals surface area (Å²) in [5.74, 6) is -0.628. The molecule has 28 heavy (non-hydrogen) atoms. The molecule has 2 N–H and O–H groups in total. The topological polar surface area (TPSA) is 61.0 Å². The number of hydrogen-bond acceptors (Lipinski definition) is 3. The van der Waals surface area contributed by atoms with Gasteiger partial charge in [-0.2, -0.15) is 0 Å². The Bertz CT molecular complexity index is 945. The van der Waals surface area contributed by atoms with Gasteiger partial charge in [0.25, 0.3) is 5.91 Å². The Morgan fingerprint density at radius 2 is 2.00 bits per heavy atom. The van der Waals surface area contributed by atoms with E-state index in [1.165, 1.54) is 24.0 Å². The fourth-order valence-electron chi connectivity index (χ4n) is 3.55. The number of carbonyl (C=O) groups excluding carboxylic acids is 1. The van der Waals surface area contributed by atoms with Crippen LogP contribution in [0, 0.1) is 5.82 Å². The molecule has 0 aliphatic carbocycles. The van der Waals surface area contributed by atoms with Crippen LogP contribution in [0.1, 0.15) is 34.5 Å². The van der Waals surface area contributed by atoms with Crippen molar-refractivity contribution in [2.45, 2.75) is 19.4 Å². The molecule has 1 atom stereocenters. The van der Waals surface area contributed by atoms with Crippen molar-refractivity contribution in [2.75, 3.05) is 19.6 Å². The highest BCUT2D eigenvalue weighted by molar-refractivity contribution is 6.05. The number of hydrogen-bond donors (Lipinski definition) is 2. The van der Waals surface area contributed by atoms with Gasteiger partial charge in [-0.1, -0.05) is 31.2 Å². The largest absolute Gasteiger partial charge is 0.344 e. The van der Waals surface area contributed by atoms with E-state index < -0.39 is 5.82 Å². The summed E-state index contributed by atoms with van der Waals surface area (Å²) < 4.78 is 14.0. The number of fused-ring (bicyclic) bond motifs is 1. The molecule has 5 nitrogen and oxygen atoms in total. The number of rotatable bonds is 3. The van der Waals surface area contributed by atoms with Gasteiger partial charge in [0.15, 0.2) is 0 Å². The third-order valence-corrected chi connectivity index (χ3v) is 5.00. The van der Waals surface area contributed by atoms with Gasteiger partial charge in [-0.05, 0) is 29.7 Å². The molecule has 1 aromatic heterocycles. The van der Waals surface area contributed by atoms with Crippen molar-refractivity contribution in [3.8, 4) is 0 Å². The molecule has 2 heterocycles. The SMILES string of the molecule is CCc1ccc(C2CNCCN2C(=O)c2cc(F)cc3[nH]cnc23)cc1.Cl.Cl. The summed E-state index contributed by atoms with van der Waals surface area (Å²) in [5.41, 5.74) is 3.69. The lowest BCUT2D eigenvalue weighted by molar-refractivity contribution is 0.0635. The smallest absolute Gasteiger partial charge is 0.256 e. The van der Waals surface area contributed by atoms with Crippen LogP contribution in [-0.4, -0.2) is 40.4 Å². The number of amides is 1. The summed E-state index contributed by atoms with van der Waals surface area (Å²) >= 11 is 0. The van der Waals surface area contributed by atoms with E-state index in [-0.39, 0.29) is 36.8 Å². The van der Waals surface area contributed by atoms with Gasteiger partial charge in [-0.3, -0.25) is 4.79 Å². The zero-order chi connectivity index (χ0) is 18.1. The minimum absolute atomic E-state index is 0. The highest BCUT2D eigenvalue weighted by Crippen LogP contribution is 2.27. The lowest BCUT2D eigenvalue weighted by Crippen LogP contribution is -2.48. The summed E-state index contributed by atoms with van der Waals surface area (Å²) in [7, 11) is 0. The predicted molar refractivity (Wildman–Crippen MR) is 113 cm³/mol. The quantitative estimate of drug-likeness (QED) is 0.670. The third kappa shape index (κ3) is 4.14. The Labute approximate surface area is 175 Å². The Morgan fingerprint density at radius 3 is 2.71 bits per heavy atom. The molecular formula is C20H23Cl2FN4O. The van der Waals surface area contributed by atoms with E-state index in [2.05, 4.69) is 46.5 Å². The number of nitrogens with zero attached hydrogens (tertiary/aromatic N) is 2. The summed E-state index contributed by atoms with van der Waals surface area (Å²) in [5, 5.41) is 3.35. The van der Waals surface area contributed by atoms with Crippen LogP contribution in [-0.2, 0) is 6.42 Å². The molecular weight excluding hydrogens is 402 g/mol. The summed E-state index contributed by atoms with van der Waals surface area (Å²) in [6.45, 7) is 4.08. The number of benzene rings is 2. The van der Waals surface area contributed by atoms with E-state index in [0.717, 1.165) is 12.0 Å². The molecule has 1 unspecified atom stereocenters. The van der Waals surface area contributed by atoms with E-state index in [9.17, 15) is 9.18 Å². The van der Waals surface area contributed by atoms with Crippen LogP contribution in [0.15, 0.2) is 42.7 Å². The van der Waals surface area contributed by atoms with Crippen molar-refractivity contribution in [2.24, 2.45) is 0 Å². The van der Waals surface area contributed by atoms with E-state index in [0.29, 0.717) is 36.2 Å². The molecule has 1 amide bonds. The van der Waals surface area contributed by atoms with E-state index in [1.54, 1.807) is 0 Å². The van der Waals surface area contributed by atoms with Gasteiger partial charge in [0.1, 0.15) is 11.3 Å². The van der Waals surface area contributed by atoms with Gasteiger partial charge in [0.05, 0.1) is 23.4 Å². The zero-order valence-corrected chi connectivity index (χ0v) is 17.1. The summed E-state index contributed by atoms with van der Waals surface area (Å²) in [6.07, 6.45) is 2.46. The van der Waals surface area contributed by atoms with E-state index >= 15 is 0 Å². The van der Waals surface area contributed by atoms with Crippen molar-refractivity contribution in [3.63, 3.8) is 0 Å². The molecule has 2 aromatic carbocycles. The van der Waals surface area contributed by atoms with Crippen LogP contribution in [0.4, 0.5) is 4.39 Å². The molecule has 8 heteroatoms. The average Bonchev–Trinajstić information content (AvgIpc) is 3.15. The Balaban J connectivity index is 0.00000140. The maximum Gasteiger partial charge on any atom is 0.256 e. The fourth-order valence-corrected chi connectivity index (χ4v) is 3.55. The molecule has 1 aliphatic heterocycles. The molecule has 0 saturated carbocycles. The molecule has 1 fully saturated rings. The number of nitrogens with one attached hydrogen (secondary N) is 2. The van der Waals surface area contributed by atoms with Crippen molar-refractivity contribution < 1.29 is 9.18 Å². The number of aromatic nitrogens is 2. The zero-order valence-electron chi connectivity index (χ0n) is 15.4. The van der Waals surface area contributed by atoms with Gasteiger partial charge < -0.3 is 15.2 Å². The highest BCUT2D eigenvalue weighted by atomic mass is 35.5. The first-order valence-electron chi connectivity index (χ1n) is 8.90. The van der Waals surface area contributed by atoms with Gasteiger partial charge >= 0.3 is 0 Å². The Morgan fingerprint density at radius 1 is 1.25 bits per heavy atom. The second kappa shape index (κ2) is 9.37. The number of halogens is 3. The van der Waals surface area contributed by atoms with Crippen LogP contribution in [0.2, 0.25) is 0 Å². The van der Waals surface area contributed by atoms with E-state index in [4.69, 9.17) is 0 Å². The fraction of sp³-hybridized carbons (Fsp3) is 0.300. The number of aromatic amines is 1. The molecule has 3 aromatic rings. The van der Waals surface area contributed by atoms with Crippen molar-refractivity contribution in [1.82, 2.24) is 20.2 Å². The second-order valence-corrected chi connectivity index (χ2v) is 6.57. The summed E-state index contributed by atoms with van der Waals surface area (Å²) in [4.78, 5) is 22.2. The molecule has 0 bridgehead atoms.